The topological polar surface area (TPSA) is 78.4 Å². The summed E-state index contributed by atoms with van der Waals surface area (Å²) in [4.78, 5) is 24.1. The Morgan fingerprint density at radius 1 is 1.36 bits per heavy atom. The zero-order valence-corrected chi connectivity index (χ0v) is 13.7. The van der Waals surface area contributed by atoms with E-state index >= 15 is 0 Å². The molecule has 1 aliphatic rings. The molecule has 1 aromatic heterocycles. The minimum Gasteiger partial charge on any atom is -0.481 e. The Hall–Kier alpha value is -1.56. The second-order valence-electron chi connectivity index (χ2n) is 6.13. The Balaban J connectivity index is 1.63. The van der Waals surface area contributed by atoms with Crippen molar-refractivity contribution in [2.24, 2.45) is 11.8 Å². The third kappa shape index (κ3) is 5.33. The van der Waals surface area contributed by atoms with Gasteiger partial charge in [0.1, 0.15) is 0 Å². The van der Waals surface area contributed by atoms with Crippen LogP contribution in [0.5, 0.6) is 0 Å². The lowest BCUT2D eigenvalue weighted by Gasteiger charge is -2.27. The third-order valence-electron chi connectivity index (χ3n) is 4.15. The SMILES string of the molecule is CC(CNC(=O)NC1CCC(C(=O)O)CC1)Cc1cccs1. The quantitative estimate of drug-likeness (QED) is 0.753. The normalized spacial score (nSPS) is 22.8. The highest BCUT2D eigenvalue weighted by atomic mass is 32.1. The largest absolute Gasteiger partial charge is 0.481 e. The number of hydrogen-bond donors (Lipinski definition) is 3. The molecule has 0 radical (unpaired) electrons. The average Bonchev–Trinajstić information content (AvgIpc) is 2.98. The van der Waals surface area contributed by atoms with Gasteiger partial charge in [-0.2, -0.15) is 0 Å². The minimum atomic E-state index is -0.717. The molecule has 0 bridgehead atoms. The van der Waals surface area contributed by atoms with Crippen molar-refractivity contribution in [2.75, 3.05) is 6.54 Å². The molecule has 0 aromatic carbocycles. The molecule has 1 aliphatic carbocycles. The van der Waals surface area contributed by atoms with Crippen LogP contribution in [0.4, 0.5) is 4.79 Å². The molecule has 1 unspecified atom stereocenters. The summed E-state index contributed by atoms with van der Waals surface area (Å²) in [5, 5.41) is 16.9. The van der Waals surface area contributed by atoms with E-state index in [2.05, 4.69) is 29.0 Å². The van der Waals surface area contributed by atoms with Crippen LogP contribution in [0, 0.1) is 11.8 Å². The Morgan fingerprint density at radius 2 is 2.09 bits per heavy atom. The number of amides is 2. The molecule has 1 fully saturated rings. The van der Waals surface area contributed by atoms with Gasteiger partial charge >= 0.3 is 12.0 Å². The van der Waals surface area contributed by atoms with Gasteiger partial charge in [0.05, 0.1) is 5.92 Å². The number of nitrogens with one attached hydrogen (secondary N) is 2. The Bertz CT molecular complexity index is 482. The van der Waals surface area contributed by atoms with Crippen LogP contribution >= 0.6 is 11.3 Å². The summed E-state index contributed by atoms with van der Waals surface area (Å²) in [7, 11) is 0. The van der Waals surface area contributed by atoms with Crippen LogP contribution in [0.2, 0.25) is 0 Å². The average molecular weight is 324 g/mol. The van der Waals surface area contributed by atoms with E-state index < -0.39 is 5.97 Å². The first-order chi connectivity index (χ1) is 10.5. The zero-order valence-electron chi connectivity index (χ0n) is 12.9. The van der Waals surface area contributed by atoms with E-state index in [1.807, 2.05) is 6.07 Å². The van der Waals surface area contributed by atoms with Crippen LogP contribution in [0.15, 0.2) is 17.5 Å². The number of carboxylic acid groups (broad SMARTS) is 1. The number of hydrogen-bond acceptors (Lipinski definition) is 3. The lowest BCUT2D eigenvalue weighted by Crippen LogP contribution is -2.45. The predicted molar refractivity (Wildman–Crippen MR) is 87.1 cm³/mol. The number of carbonyl (C=O) groups is 2. The summed E-state index contributed by atoms with van der Waals surface area (Å²) >= 11 is 1.74. The van der Waals surface area contributed by atoms with Crippen molar-refractivity contribution < 1.29 is 14.7 Å². The van der Waals surface area contributed by atoms with E-state index in [-0.39, 0.29) is 18.0 Å². The smallest absolute Gasteiger partial charge is 0.315 e. The van der Waals surface area contributed by atoms with Crippen LogP contribution in [-0.4, -0.2) is 29.7 Å². The highest BCUT2D eigenvalue weighted by Gasteiger charge is 2.26. The maximum Gasteiger partial charge on any atom is 0.315 e. The number of rotatable bonds is 6. The molecule has 6 heteroatoms. The molecule has 0 aliphatic heterocycles. The number of carboxylic acids is 1. The molecule has 1 saturated carbocycles. The van der Waals surface area contributed by atoms with E-state index in [0.717, 1.165) is 19.3 Å². The molecule has 0 spiro atoms. The molecule has 0 saturated heterocycles. The van der Waals surface area contributed by atoms with Gasteiger partial charge < -0.3 is 15.7 Å². The van der Waals surface area contributed by atoms with Crippen LogP contribution in [0.1, 0.15) is 37.5 Å². The lowest BCUT2D eigenvalue weighted by molar-refractivity contribution is -0.142. The first-order valence-corrected chi connectivity index (χ1v) is 8.72. The van der Waals surface area contributed by atoms with Crippen molar-refractivity contribution >= 4 is 23.3 Å². The van der Waals surface area contributed by atoms with Crippen molar-refractivity contribution in [2.45, 2.75) is 45.1 Å². The number of thiophene rings is 1. The second-order valence-corrected chi connectivity index (χ2v) is 7.16. The Kier molecular flexibility index (Phi) is 6.24. The van der Waals surface area contributed by atoms with Crippen LogP contribution in [0.3, 0.4) is 0 Å². The number of carbonyl (C=O) groups excluding carboxylic acids is 1. The predicted octanol–water partition coefficient (Wildman–Crippen LogP) is 2.87. The fourth-order valence-electron chi connectivity index (χ4n) is 2.83. The molecule has 122 valence electrons. The Labute approximate surface area is 135 Å². The van der Waals surface area contributed by atoms with E-state index in [0.29, 0.717) is 25.3 Å². The first kappa shape index (κ1) is 16.8. The third-order valence-corrected chi connectivity index (χ3v) is 5.05. The van der Waals surface area contributed by atoms with Gasteiger partial charge in [0, 0.05) is 17.5 Å². The molecule has 5 nitrogen and oxygen atoms in total. The molecule has 3 N–H and O–H groups in total. The van der Waals surface area contributed by atoms with E-state index in [1.165, 1.54) is 4.88 Å². The fraction of sp³-hybridized carbons (Fsp3) is 0.625. The monoisotopic (exact) mass is 324 g/mol. The van der Waals surface area contributed by atoms with Gasteiger partial charge in [0.25, 0.3) is 0 Å². The van der Waals surface area contributed by atoms with Gasteiger partial charge in [-0.3, -0.25) is 4.79 Å². The second kappa shape index (κ2) is 8.17. The van der Waals surface area contributed by atoms with Crippen molar-refractivity contribution in [3.8, 4) is 0 Å². The molecule has 2 rings (SSSR count). The maximum absolute atomic E-state index is 11.9. The lowest BCUT2D eigenvalue weighted by atomic mass is 9.86. The number of urea groups is 1. The standard InChI is InChI=1S/C16H24N2O3S/c1-11(9-14-3-2-8-22-14)10-17-16(21)18-13-6-4-12(5-7-13)15(19)20/h2-3,8,11-13H,4-7,9-10H2,1H3,(H,19,20)(H2,17,18,21). The highest BCUT2D eigenvalue weighted by molar-refractivity contribution is 7.09. The van der Waals surface area contributed by atoms with Gasteiger partial charge in [-0.1, -0.05) is 13.0 Å². The Morgan fingerprint density at radius 3 is 2.68 bits per heavy atom. The molecule has 1 heterocycles. The summed E-state index contributed by atoms with van der Waals surface area (Å²) in [6.07, 6.45) is 3.76. The summed E-state index contributed by atoms with van der Waals surface area (Å²) in [5.74, 6) is -0.565. The minimum absolute atomic E-state index is 0.100. The summed E-state index contributed by atoms with van der Waals surface area (Å²) in [6, 6.07) is 4.11. The van der Waals surface area contributed by atoms with Crippen LogP contribution in [0.25, 0.3) is 0 Å². The van der Waals surface area contributed by atoms with Gasteiger partial charge in [0.2, 0.25) is 0 Å². The maximum atomic E-state index is 11.9. The summed E-state index contributed by atoms with van der Waals surface area (Å²) < 4.78 is 0. The molecule has 2 amide bonds. The van der Waals surface area contributed by atoms with Crippen molar-refractivity contribution in [1.82, 2.24) is 10.6 Å². The van der Waals surface area contributed by atoms with E-state index in [9.17, 15) is 9.59 Å². The zero-order chi connectivity index (χ0) is 15.9. The van der Waals surface area contributed by atoms with Gasteiger partial charge in [-0.25, -0.2) is 4.79 Å². The van der Waals surface area contributed by atoms with Gasteiger partial charge in [-0.05, 0) is 49.5 Å². The summed E-state index contributed by atoms with van der Waals surface area (Å²) in [6.45, 7) is 2.77. The van der Waals surface area contributed by atoms with Gasteiger partial charge in [0.15, 0.2) is 0 Å². The van der Waals surface area contributed by atoms with Crippen LogP contribution < -0.4 is 10.6 Å². The number of aliphatic carboxylic acids is 1. The van der Waals surface area contributed by atoms with Crippen molar-refractivity contribution in [3.05, 3.63) is 22.4 Å². The van der Waals surface area contributed by atoms with Gasteiger partial charge in [-0.15, -0.1) is 11.3 Å². The van der Waals surface area contributed by atoms with E-state index in [1.54, 1.807) is 11.3 Å². The first-order valence-electron chi connectivity index (χ1n) is 7.84. The van der Waals surface area contributed by atoms with E-state index in [4.69, 9.17) is 5.11 Å². The van der Waals surface area contributed by atoms with Crippen LogP contribution in [-0.2, 0) is 11.2 Å². The summed E-state index contributed by atoms with van der Waals surface area (Å²) in [5.41, 5.74) is 0. The molecule has 1 aromatic rings. The van der Waals surface area contributed by atoms with Crippen molar-refractivity contribution in [1.29, 1.82) is 0 Å². The molecule has 1 atom stereocenters. The highest BCUT2D eigenvalue weighted by Crippen LogP contribution is 2.24. The van der Waals surface area contributed by atoms with Crippen molar-refractivity contribution in [3.63, 3.8) is 0 Å². The molecular formula is C16H24N2O3S. The molecule has 22 heavy (non-hydrogen) atoms. The molecular weight excluding hydrogens is 300 g/mol. The fourth-order valence-corrected chi connectivity index (χ4v) is 3.70.